The van der Waals surface area contributed by atoms with Crippen molar-refractivity contribution < 1.29 is 9.59 Å². The fourth-order valence-corrected chi connectivity index (χ4v) is 1.31. The van der Waals surface area contributed by atoms with E-state index in [4.69, 9.17) is 0 Å². The van der Waals surface area contributed by atoms with E-state index in [1.165, 1.54) is 0 Å². The van der Waals surface area contributed by atoms with Gasteiger partial charge in [-0.25, -0.2) is 4.79 Å². The maximum absolute atomic E-state index is 10.2. The van der Waals surface area contributed by atoms with E-state index in [9.17, 15) is 9.59 Å². The Morgan fingerprint density at radius 1 is 1.73 bits per heavy atom. The summed E-state index contributed by atoms with van der Waals surface area (Å²) in [4.78, 5) is 20.3. The van der Waals surface area contributed by atoms with Gasteiger partial charge in [-0.05, 0) is 12.3 Å². The van der Waals surface area contributed by atoms with E-state index in [1.54, 1.807) is 0 Å². The third-order valence-corrected chi connectivity index (χ3v) is 1.94. The molecule has 1 aliphatic heterocycles. The van der Waals surface area contributed by atoms with Crippen LogP contribution in [0, 0.1) is 5.92 Å². The zero-order chi connectivity index (χ0) is 8.10. The fourth-order valence-electron chi connectivity index (χ4n) is 1.31. The molecule has 3 heteroatoms. The smallest absolute Gasteiger partial charge is 0.145 e. The van der Waals surface area contributed by atoms with Gasteiger partial charge >= 0.3 is 0 Å². The van der Waals surface area contributed by atoms with E-state index in [0.29, 0.717) is 24.5 Å². The van der Waals surface area contributed by atoms with Crippen LogP contribution in [-0.2, 0) is 9.59 Å². The minimum atomic E-state index is 0.352. The molecule has 0 aromatic carbocycles. The number of rotatable bonds is 2. The lowest BCUT2D eigenvalue weighted by Crippen LogP contribution is -2.26. The van der Waals surface area contributed by atoms with Crippen LogP contribution in [-0.4, -0.2) is 18.8 Å². The molecule has 0 aromatic heterocycles. The SMILES string of the molecule is O=C=C1CC(CC=O)CCN1. The van der Waals surface area contributed by atoms with E-state index >= 15 is 0 Å². The van der Waals surface area contributed by atoms with E-state index in [-0.39, 0.29) is 0 Å². The summed E-state index contributed by atoms with van der Waals surface area (Å²) in [6, 6.07) is 0. The molecular formula is C8H11NO2. The monoisotopic (exact) mass is 153 g/mol. The van der Waals surface area contributed by atoms with Crippen LogP contribution in [0.4, 0.5) is 0 Å². The molecule has 0 bridgehead atoms. The van der Waals surface area contributed by atoms with Crippen LogP contribution < -0.4 is 5.32 Å². The van der Waals surface area contributed by atoms with Crippen LogP contribution in [0.3, 0.4) is 0 Å². The van der Waals surface area contributed by atoms with Gasteiger partial charge in [-0.2, -0.15) is 0 Å². The van der Waals surface area contributed by atoms with Crippen molar-refractivity contribution in [2.75, 3.05) is 6.54 Å². The molecular weight excluding hydrogens is 142 g/mol. The van der Waals surface area contributed by atoms with Crippen molar-refractivity contribution in [2.45, 2.75) is 19.3 Å². The van der Waals surface area contributed by atoms with Crippen molar-refractivity contribution in [2.24, 2.45) is 5.92 Å². The molecule has 0 aromatic rings. The molecule has 1 unspecified atom stereocenters. The van der Waals surface area contributed by atoms with Crippen molar-refractivity contribution in [3.05, 3.63) is 5.70 Å². The van der Waals surface area contributed by atoms with Gasteiger partial charge in [-0.3, -0.25) is 0 Å². The number of carbonyl (C=O) groups is 1. The number of allylic oxidation sites excluding steroid dienone is 1. The van der Waals surface area contributed by atoms with Gasteiger partial charge in [-0.15, -0.1) is 0 Å². The first kappa shape index (κ1) is 8.02. The first-order valence-corrected chi connectivity index (χ1v) is 3.78. The van der Waals surface area contributed by atoms with Gasteiger partial charge in [0.25, 0.3) is 0 Å². The van der Waals surface area contributed by atoms with Crippen molar-refractivity contribution in [3.63, 3.8) is 0 Å². The maximum Gasteiger partial charge on any atom is 0.145 e. The van der Waals surface area contributed by atoms with Gasteiger partial charge < -0.3 is 10.1 Å². The predicted octanol–water partition coefficient (Wildman–Crippen LogP) is 0.290. The quantitative estimate of drug-likeness (QED) is 0.458. The van der Waals surface area contributed by atoms with Gasteiger partial charge in [0, 0.05) is 19.4 Å². The summed E-state index contributed by atoms with van der Waals surface area (Å²) in [6.45, 7) is 0.795. The second-order valence-electron chi connectivity index (χ2n) is 2.77. The minimum absolute atomic E-state index is 0.352. The van der Waals surface area contributed by atoms with E-state index in [2.05, 4.69) is 5.32 Å². The van der Waals surface area contributed by atoms with E-state index in [0.717, 1.165) is 19.3 Å². The van der Waals surface area contributed by atoms with Gasteiger partial charge in [0.05, 0.1) is 5.70 Å². The maximum atomic E-state index is 10.2. The number of carbonyl (C=O) groups excluding carboxylic acids is 2. The Hall–Kier alpha value is -1.08. The Balaban J connectivity index is 2.45. The number of piperidine rings is 1. The predicted molar refractivity (Wildman–Crippen MR) is 40.6 cm³/mol. The Morgan fingerprint density at radius 3 is 3.18 bits per heavy atom. The summed E-state index contributed by atoms with van der Waals surface area (Å²) < 4.78 is 0. The summed E-state index contributed by atoms with van der Waals surface area (Å²) in [7, 11) is 0. The topological polar surface area (TPSA) is 46.2 Å². The molecule has 0 radical (unpaired) electrons. The Morgan fingerprint density at radius 2 is 2.55 bits per heavy atom. The van der Waals surface area contributed by atoms with Crippen molar-refractivity contribution in [3.8, 4) is 0 Å². The molecule has 1 fully saturated rings. The summed E-state index contributed by atoms with van der Waals surface area (Å²) in [6.07, 6.45) is 3.14. The van der Waals surface area contributed by atoms with Gasteiger partial charge in [-0.1, -0.05) is 0 Å². The molecule has 1 aliphatic rings. The highest BCUT2D eigenvalue weighted by Gasteiger charge is 2.16. The van der Waals surface area contributed by atoms with Crippen molar-refractivity contribution in [1.29, 1.82) is 0 Å². The fraction of sp³-hybridized carbons (Fsp3) is 0.625. The first-order chi connectivity index (χ1) is 5.36. The molecule has 0 amide bonds. The lowest BCUT2D eigenvalue weighted by molar-refractivity contribution is -0.108. The molecule has 0 aliphatic carbocycles. The van der Waals surface area contributed by atoms with Crippen molar-refractivity contribution in [1.82, 2.24) is 5.32 Å². The zero-order valence-electron chi connectivity index (χ0n) is 6.30. The highest BCUT2D eigenvalue weighted by atomic mass is 16.1. The number of hydrogen-bond donors (Lipinski definition) is 1. The highest BCUT2D eigenvalue weighted by Crippen LogP contribution is 2.18. The Bertz CT molecular complexity index is 194. The molecule has 1 N–H and O–H groups in total. The largest absolute Gasteiger partial charge is 0.379 e. The standard InChI is InChI=1S/C8H11NO2/c10-4-2-7-1-3-9-8(5-7)6-11/h4,7,9H,1-3,5H2. The lowest BCUT2D eigenvalue weighted by Gasteiger charge is -2.21. The van der Waals surface area contributed by atoms with E-state index < -0.39 is 0 Å². The number of nitrogens with one attached hydrogen (secondary N) is 1. The molecule has 1 saturated heterocycles. The summed E-state index contributed by atoms with van der Waals surface area (Å²) in [5, 5.41) is 2.93. The lowest BCUT2D eigenvalue weighted by atomic mass is 9.94. The molecule has 0 saturated carbocycles. The van der Waals surface area contributed by atoms with Gasteiger partial charge in [0.2, 0.25) is 0 Å². The Labute approximate surface area is 65.5 Å². The summed E-state index contributed by atoms with van der Waals surface area (Å²) in [5.74, 6) is 2.18. The first-order valence-electron chi connectivity index (χ1n) is 3.78. The van der Waals surface area contributed by atoms with Crippen LogP contribution in [0.2, 0.25) is 0 Å². The van der Waals surface area contributed by atoms with E-state index in [1.807, 2.05) is 5.94 Å². The second-order valence-corrected chi connectivity index (χ2v) is 2.77. The average Bonchev–Trinajstić information content (AvgIpc) is 2.06. The van der Waals surface area contributed by atoms with Crippen LogP contribution in [0.5, 0.6) is 0 Å². The van der Waals surface area contributed by atoms with Gasteiger partial charge in [0.15, 0.2) is 0 Å². The zero-order valence-corrected chi connectivity index (χ0v) is 6.30. The molecule has 1 heterocycles. The molecule has 1 rings (SSSR count). The van der Waals surface area contributed by atoms with Crippen LogP contribution in [0.1, 0.15) is 19.3 Å². The second kappa shape index (κ2) is 3.94. The van der Waals surface area contributed by atoms with Crippen LogP contribution >= 0.6 is 0 Å². The average molecular weight is 153 g/mol. The van der Waals surface area contributed by atoms with Crippen LogP contribution in [0.15, 0.2) is 5.70 Å². The summed E-state index contributed by atoms with van der Waals surface area (Å²) >= 11 is 0. The highest BCUT2D eigenvalue weighted by molar-refractivity contribution is 5.53. The molecule has 11 heavy (non-hydrogen) atoms. The number of aldehydes is 1. The Kier molecular flexibility index (Phi) is 2.87. The number of hydrogen-bond acceptors (Lipinski definition) is 3. The third-order valence-electron chi connectivity index (χ3n) is 1.94. The minimum Gasteiger partial charge on any atom is -0.379 e. The summed E-state index contributed by atoms with van der Waals surface area (Å²) in [5.41, 5.74) is 0.614. The molecule has 1 atom stereocenters. The molecule has 3 nitrogen and oxygen atoms in total. The third kappa shape index (κ3) is 2.20. The van der Waals surface area contributed by atoms with Gasteiger partial charge in [0.1, 0.15) is 12.2 Å². The van der Waals surface area contributed by atoms with Crippen LogP contribution in [0.25, 0.3) is 0 Å². The molecule has 60 valence electrons. The van der Waals surface area contributed by atoms with Crippen molar-refractivity contribution >= 4 is 12.2 Å². The normalized spacial score (nSPS) is 23.6. The molecule has 0 spiro atoms.